The molecule has 2 aromatic rings. The van der Waals surface area contributed by atoms with E-state index in [4.69, 9.17) is 10.00 Å². The standard InChI is InChI=1S/C19H23N5O2S/c1-5-24(10-9-18(25)26-6-2)15-7-8-17(13(3)11-15)21-22-19-16(12-20)14(4)23-27-19/h7-8,11H,5-6,9-10H2,1-4H3. The summed E-state index contributed by atoms with van der Waals surface area (Å²) in [6.07, 6.45) is 0.351. The third-order valence-corrected chi connectivity index (χ3v) is 4.85. The zero-order chi connectivity index (χ0) is 19.8. The van der Waals surface area contributed by atoms with Gasteiger partial charge in [-0.1, -0.05) is 0 Å². The van der Waals surface area contributed by atoms with Crippen LogP contribution in [0.1, 0.15) is 37.1 Å². The van der Waals surface area contributed by atoms with Crippen molar-refractivity contribution in [1.29, 1.82) is 5.26 Å². The molecule has 0 aliphatic rings. The van der Waals surface area contributed by atoms with Crippen LogP contribution in [0.4, 0.5) is 16.4 Å². The van der Waals surface area contributed by atoms with Gasteiger partial charge in [-0.15, -0.1) is 10.2 Å². The fraction of sp³-hybridized carbons (Fsp3) is 0.421. The molecule has 0 radical (unpaired) electrons. The lowest BCUT2D eigenvalue weighted by Crippen LogP contribution is -2.26. The van der Waals surface area contributed by atoms with E-state index >= 15 is 0 Å². The van der Waals surface area contributed by atoms with E-state index in [2.05, 4.69) is 25.6 Å². The monoisotopic (exact) mass is 385 g/mol. The lowest BCUT2D eigenvalue weighted by atomic mass is 10.1. The molecule has 0 saturated carbocycles. The Morgan fingerprint density at radius 1 is 1.33 bits per heavy atom. The number of nitriles is 1. The molecular formula is C19H23N5O2S. The Balaban J connectivity index is 2.13. The van der Waals surface area contributed by atoms with Gasteiger partial charge < -0.3 is 9.64 Å². The summed E-state index contributed by atoms with van der Waals surface area (Å²) in [5.74, 6) is -0.189. The summed E-state index contributed by atoms with van der Waals surface area (Å²) in [5.41, 5.74) is 3.85. The van der Waals surface area contributed by atoms with Crippen molar-refractivity contribution >= 4 is 33.9 Å². The quantitative estimate of drug-likeness (QED) is 0.479. The smallest absolute Gasteiger partial charge is 0.307 e. The summed E-state index contributed by atoms with van der Waals surface area (Å²) in [6, 6.07) is 7.98. The second-order valence-electron chi connectivity index (χ2n) is 5.87. The Bertz CT molecular complexity index is 869. The van der Waals surface area contributed by atoms with E-state index in [0.29, 0.717) is 35.8 Å². The van der Waals surface area contributed by atoms with Gasteiger partial charge in [-0.25, -0.2) is 0 Å². The summed E-state index contributed by atoms with van der Waals surface area (Å²) in [4.78, 5) is 13.7. The Labute approximate surface area is 163 Å². The number of rotatable bonds is 8. The molecule has 1 aromatic carbocycles. The first-order valence-corrected chi connectivity index (χ1v) is 9.56. The van der Waals surface area contributed by atoms with Crippen LogP contribution in [0.15, 0.2) is 28.4 Å². The van der Waals surface area contributed by atoms with Crippen LogP contribution in [0.25, 0.3) is 0 Å². The predicted molar refractivity (Wildman–Crippen MR) is 106 cm³/mol. The van der Waals surface area contributed by atoms with Crippen LogP contribution in [-0.2, 0) is 9.53 Å². The predicted octanol–water partition coefficient (Wildman–Crippen LogP) is 4.83. The number of nitrogens with zero attached hydrogens (tertiary/aromatic N) is 5. The van der Waals surface area contributed by atoms with Gasteiger partial charge in [-0.05, 0) is 63.0 Å². The number of hydrogen-bond acceptors (Lipinski definition) is 8. The molecule has 8 heteroatoms. The Hall–Kier alpha value is -2.79. The van der Waals surface area contributed by atoms with E-state index in [1.54, 1.807) is 13.8 Å². The number of aryl methyl sites for hydroxylation is 2. The molecule has 0 aliphatic carbocycles. The lowest BCUT2D eigenvalue weighted by molar-refractivity contribution is -0.142. The van der Waals surface area contributed by atoms with Crippen LogP contribution in [0.2, 0.25) is 0 Å². The molecule has 0 spiro atoms. The average molecular weight is 385 g/mol. The summed E-state index contributed by atoms with van der Waals surface area (Å²) < 4.78 is 9.13. The minimum absolute atomic E-state index is 0.189. The normalized spacial score (nSPS) is 10.8. The van der Waals surface area contributed by atoms with Crippen LogP contribution in [-0.4, -0.2) is 30.0 Å². The number of esters is 1. The van der Waals surface area contributed by atoms with Gasteiger partial charge in [0.1, 0.15) is 11.6 Å². The number of carbonyl (C=O) groups excluding carboxylic acids is 1. The lowest BCUT2D eigenvalue weighted by Gasteiger charge is -2.23. The molecular weight excluding hydrogens is 362 g/mol. The largest absolute Gasteiger partial charge is 0.466 e. The van der Waals surface area contributed by atoms with Crippen molar-refractivity contribution in [2.24, 2.45) is 10.2 Å². The summed E-state index contributed by atoms with van der Waals surface area (Å²) >= 11 is 1.17. The van der Waals surface area contributed by atoms with Gasteiger partial charge in [0.2, 0.25) is 0 Å². The molecule has 0 saturated heterocycles. The first-order valence-electron chi connectivity index (χ1n) is 8.79. The number of ether oxygens (including phenoxy) is 1. The fourth-order valence-electron chi connectivity index (χ4n) is 2.53. The third-order valence-electron chi connectivity index (χ3n) is 4.02. The van der Waals surface area contributed by atoms with Crippen molar-refractivity contribution in [3.8, 4) is 6.07 Å². The van der Waals surface area contributed by atoms with Crippen molar-refractivity contribution < 1.29 is 9.53 Å². The van der Waals surface area contributed by atoms with Crippen molar-refractivity contribution in [3.63, 3.8) is 0 Å². The molecule has 1 aromatic heterocycles. The van der Waals surface area contributed by atoms with Crippen LogP contribution >= 0.6 is 11.5 Å². The zero-order valence-corrected chi connectivity index (χ0v) is 16.8. The van der Waals surface area contributed by atoms with Gasteiger partial charge >= 0.3 is 5.97 Å². The van der Waals surface area contributed by atoms with Gasteiger partial charge in [0, 0.05) is 18.8 Å². The van der Waals surface area contributed by atoms with Gasteiger partial charge in [0.15, 0.2) is 5.00 Å². The SMILES string of the molecule is CCOC(=O)CCN(CC)c1ccc(N=Nc2snc(C)c2C#N)c(C)c1. The van der Waals surface area contributed by atoms with Crippen LogP contribution in [0, 0.1) is 25.2 Å². The van der Waals surface area contributed by atoms with Crippen molar-refractivity contribution in [2.75, 3.05) is 24.6 Å². The minimum Gasteiger partial charge on any atom is -0.466 e. The average Bonchev–Trinajstić information content (AvgIpc) is 3.01. The molecule has 27 heavy (non-hydrogen) atoms. The molecule has 0 N–H and O–H groups in total. The molecule has 0 atom stereocenters. The van der Waals surface area contributed by atoms with Gasteiger partial charge in [0.05, 0.1) is 24.4 Å². The fourth-order valence-corrected chi connectivity index (χ4v) is 3.21. The maximum absolute atomic E-state index is 11.6. The molecule has 0 fully saturated rings. The van der Waals surface area contributed by atoms with E-state index in [1.165, 1.54) is 11.5 Å². The van der Waals surface area contributed by atoms with Crippen molar-refractivity contribution in [3.05, 3.63) is 35.0 Å². The number of hydrogen-bond donors (Lipinski definition) is 0. The Kier molecular flexibility index (Phi) is 7.44. The van der Waals surface area contributed by atoms with E-state index in [9.17, 15) is 4.79 Å². The van der Waals surface area contributed by atoms with E-state index in [-0.39, 0.29) is 5.97 Å². The Morgan fingerprint density at radius 3 is 2.74 bits per heavy atom. The van der Waals surface area contributed by atoms with Crippen molar-refractivity contribution in [1.82, 2.24) is 4.37 Å². The van der Waals surface area contributed by atoms with E-state index < -0.39 is 0 Å². The van der Waals surface area contributed by atoms with Crippen LogP contribution in [0.5, 0.6) is 0 Å². The first kappa shape index (κ1) is 20.5. The summed E-state index contributed by atoms with van der Waals surface area (Å²) in [6.45, 7) is 9.37. The van der Waals surface area contributed by atoms with Gasteiger partial charge in [-0.2, -0.15) is 9.64 Å². The number of carbonyl (C=O) groups is 1. The van der Waals surface area contributed by atoms with E-state index in [0.717, 1.165) is 23.5 Å². The highest BCUT2D eigenvalue weighted by Crippen LogP contribution is 2.31. The highest BCUT2D eigenvalue weighted by Gasteiger charge is 2.11. The molecule has 0 unspecified atom stereocenters. The van der Waals surface area contributed by atoms with Gasteiger partial charge in [0.25, 0.3) is 0 Å². The maximum atomic E-state index is 11.6. The molecule has 0 amide bonds. The molecule has 142 valence electrons. The highest BCUT2D eigenvalue weighted by molar-refractivity contribution is 7.10. The van der Waals surface area contributed by atoms with E-state index in [1.807, 2.05) is 32.0 Å². The van der Waals surface area contributed by atoms with Crippen LogP contribution in [0.3, 0.4) is 0 Å². The van der Waals surface area contributed by atoms with Crippen LogP contribution < -0.4 is 4.90 Å². The summed E-state index contributed by atoms with van der Waals surface area (Å²) in [7, 11) is 0. The number of aromatic nitrogens is 1. The number of benzene rings is 1. The number of azo groups is 1. The highest BCUT2D eigenvalue weighted by atomic mass is 32.1. The molecule has 7 nitrogen and oxygen atoms in total. The Morgan fingerprint density at radius 2 is 2.11 bits per heavy atom. The molecule has 0 bridgehead atoms. The van der Waals surface area contributed by atoms with Gasteiger partial charge in [-0.3, -0.25) is 4.79 Å². The second kappa shape index (κ2) is 9.78. The second-order valence-corrected chi connectivity index (χ2v) is 6.62. The maximum Gasteiger partial charge on any atom is 0.307 e. The first-order chi connectivity index (χ1) is 13.0. The topological polar surface area (TPSA) is 90.9 Å². The molecule has 1 heterocycles. The summed E-state index contributed by atoms with van der Waals surface area (Å²) in [5, 5.41) is 18.1. The molecule has 2 rings (SSSR count). The molecule has 0 aliphatic heterocycles. The van der Waals surface area contributed by atoms with Crippen molar-refractivity contribution in [2.45, 2.75) is 34.1 Å². The minimum atomic E-state index is -0.189. The zero-order valence-electron chi connectivity index (χ0n) is 16.0. The third kappa shape index (κ3) is 5.34. The number of anilines is 1.